The lowest BCUT2D eigenvalue weighted by molar-refractivity contribution is 0.495. The highest BCUT2D eigenvalue weighted by atomic mass is 79.9. The number of anilines is 2. The summed E-state index contributed by atoms with van der Waals surface area (Å²) >= 11 is 9.48. The molecule has 1 aromatic carbocycles. The third-order valence-electron chi connectivity index (χ3n) is 2.52. The zero-order valence-electron chi connectivity index (χ0n) is 10.2. The number of nitrogens with one attached hydrogen (secondary N) is 1. The standard InChI is InChI=1S/C13H14BrClN2O/c1-17(2)13-10(15)4-3-5-11(13)16-8-9-6-7-12(14)18-9/h3-7,16H,8H2,1-2H3. The van der Waals surface area contributed by atoms with Crippen LogP contribution in [0.5, 0.6) is 0 Å². The Morgan fingerprint density at radius 1 is 1.28 bits per heavy atom. The van der Waals surface area contributed by atoms with Crippen molar-refractivity contribution in [1.29, 1.82) is 0 Å². The van der Waals surface area contributed by atoms with Crippen LogP contribution in [0.4, 0.5) is 11.4 Å². The number of rotatable bonds is 4. The number of hydrogen-bond acceptors (Lipinski definition) is 3. The molecule has 1 N–H and O–H groups in total. The third-order valence-corrected chi connectivity index (χ3v) is 3.25. The highest BCUT2D eigenvalue weighted by molar-refractivity contribution is 9.10. The lowest BCUT2D eigenvalue weighted by Crippen LogP contribution is -2.12. The van der Waals surface area contributed by atoms with Gasteiger partial charge in [-0.05, 0) is 40.2 Å². The minimum atomic E-state index is 0.618. The summed E-state index contributed by atoms with van der Waals surface area (Å²) in [6, 6.07) is 9.61. The summed E-state index contributed by atoms with van der Waals surface area (Å²) in [6.07, 6.45) is 0. The van der Waals surface area contributed by atoms with Crippen molar-refractivity contribution in [2.45, 2.75) is 6.54 Å². The first-order valence-electron chi connectivity index (χ1n) is 5.52. The van der Waals surface area contributed by atoms with E-state index in [0.29, 0.717) is 6.54 Å². The number of furan rings is 1. The predicted octanol–water partition coefficient (Wildman–Crippen LogP) is 4.37. The molecule has 0 saturated carbocycles. The second kappa shape index (κ2) is 5.67. The molecule has 2 rings (SSSR count). The fourth-order valence-corrected chi connectivity index (χ4v) is 2.43. The molecule has 18 heavy (non-hydrogen) atoms. The van der Waals surface area contributed by atoms with Crippen molar-refractivity contribution in [2.24, 2.45) is 0 Å². The summed E-state index contributed by atoms with van der Waals surface area (Å²) in [4.78, 5) is 1.99. The zero-order chi connectivity index (χ0) is 13.1. The van der Waals surface area contributed by atoms with Crippen LogP contribution in [-0.4, -0.2) is 14.1 Å². The van der Waals surface area contributed by atoms with E-state index in [1.165, 1.54) is 0 Å². The first kappa shape index (κ1) is 13.3. The van der Waals surface area contributed by atoms with E-state index >= 15 is 0 Å². The Bertz CT molecular complexity index is 540. The monoisotopic (exact) mass is 328 g/mol. The summed E-state index contributed by atoms with van der Waals surface area (Å²) in [5.74, 6) is 0.867. The van der Waals surface area contributed by atoms with Crippen LogP contribution in [0.2, 0.25) is 5.02 Å². The normalized spacial score (nSPS) is 10.4. The maximum atomic E-state index is 6.20. The molecular weight excluding hydrogens is 316 g/mol. The number of halogens is 2. The molecule has 0 spiro atoms. The molecule has 0 bridgehead atoms. The van der Waals surface area contributed by atoms with Gasteiger partial charge in [0.05, 0.1) is 22.9 Å². The van der Waals surface area contributed by atoms with Crippen molar-refractivity contribution in [3.8, 4) is 0 Å². The topological polar surface area (TPSA) is 28.4 Å². The molecule has 0 aliphatic carbocycles. The summed E-state index contributed by atoms with van der Waals surface area (Å²) in [5.41, 5.74) is 1.96. The Hall–Kier alpha value is -1.13. The van der Waals surface area contributed by atoms with Gasteiger partial charge in [0.1, 0.15) is 5.76 Å². The van der Waals surface area contributed by atoms with Crippen molar-refractivity contribution >= 4 is 38.9 Å². The molecule has 0 aliphatic rings. The number of hydrogen-bond donors (Lipinski definition) is 1. The molecule has 0 unspecified atom stereocenters. The van der Waals surface area contributed by atoms with Crippen LogP contribution < -0.4 is 10.2 Å². The van der Waals surface area contributed by atoms with E-state index in [1.54, 1.807) is 0 Å². The molecule has 0 aliphatic heterocycles. The van der Waals surface area contributed by atoms with Gasteiger partial charge in [0.2, 0.25) is 0 Å². The average molecular weight is 330 g/mol. The molecule has 0 fully saturated rings. The van der Waals surface area contributed by atoms with Gasteiger partial charge in [0.15, 0.2) is 4.67 Å². The van der Waals surface area contributed by atoms with Crippen molar-refractivity contribution in [2.75, 3.05) is 24.3 Å². The van der Waals surface area contributed by atoms with E-state index in [1.807, 2.05) is 49.3 Å². The Labute approximate surface area is 120 Å². The molecule has 1 heterocycles. The van der Waals surface area contributed by atoms with Gasteiger partial charge in [0.25, 0.3) is 0 Å². The summed E-state index contributed by atoms with van der Waals surface area (Å²) < 4.78 is 6.18. The van der Waals surface area contributed by atoms with Crippen molar-refractivity contribution in [3.05, 3.63) is 45.8 Å². The predicted molar refractivity (Wildman–Crippen MR) is 79.5 cm³/mol. The maximum absolute atomic E-state index is 6.20. The minimum Gasteiger partial charge on any atom is -0.452 e. The van der Waals surface area contributed by atoms with Crippen molar-refractivity contribution in [1.82, 2.24) is 0 Å². The summed E-state index contributed by atoms with van der Waals surface area (Å²) in [6.45, 7) is 0.618. The van der Waals surface area contributed by atoms with E-state index in [2.05, 4.69) is 21.2 Å². The molecule has 5 heteroatoms. The third kappa shape index (κ3) is 3.00. The van der Waals surface area contributed by atoms with Gasteiger partial charge in [-0.25, -0.2) is 0 Å². The van der Waals surface area contributed by atoms with Gasteiger partial charge in [-0.3, -0.25) is 0 Å². The molecule has 2 aromatic rings. The minimum absolute atomic E-state index is 0.618. The van der Waals surface area contributed by atoms with Crippen LogP contribution in [0, 0.1) is 0 Å². The molecule has 0 atom stereocenters. The van der Waals surface area contributed by atoms with Crippen LogP contribution in [-0.2, 0) is 6.54 Å². The lowest BCUT2D eigenvalue weighted by Gasteiger charge is -2.19. The Kier molecular flexibility index (Phi) is 4.19. The molecule has 1 aromatic heterocycles. The van der Waals surface area contributed by atoms with Crippen molar-refractivity contribution in [3.63, 3.8) is 0 Å². The first-order chi connectivity index (χ1) is 8.58. The quantitative estimate of drug-likeness (QED) is 0.902. The zero-order valence-corrected chi connectivity index (χ0v) is 12.5. The van der Waals surface area contributed by atoms with Gasteiger partial charge in [-0.1, -0.05) is 17.7 Å². The number of para-hydroxylation sites is 1. The van der Waals surface area contributed by atoms with E-state index in [4.69, 9.17) is 16.0 Å². The van der Waals surface area contributed by atoms with E-state index in [9.17, 15) is 0 Å². The van der Waals surface area contributed by atoms with E-state index in [0.717, 1.165) is 26.8 Å². The fraction of sp³-hybridized carbons (Fsp3) is 0.231. The largest absolute Gasteiger partial charge is 0.452 e. The highest BCUT2D eigenvalue weighted by Gasteiger charge is 2.09. The van der Waals surface area contributed by atoms with Crippen LogP contribution in [0.3, 0.4) is 0 Å². The Morgan fingerprint density at radius 3 is 2.67 bits per heavy atom. The van der Waals surface area contributed by atoms with E-state index in [-0.39, 0.29) is 0 Å². The SMILES string of the molecule is CN(C)c1c(Cl)cccc1NCc1ccc(Br)o1. The molecule has 0 saturated heterocycles. The molecule has 0 radical (unpaired) electrons. The number of benzene rings is 1. The van der Waals surface area contributed by atoms with Crippen LogP contribution in [0.25, 0.3) is 0 Å². The Balaban J connectivity index is 2.16. The number of nitrogens with zero attached hydrogens (tertiary/aromatic N) is 1. The molecule has 0 amide bonds. The second-order valence-corrected chi connectivity index (χ2v) is 5.28. The van der Waals surface area contributed by atoms with Gasteiger partial charge in [-0.15, -0.1) is 0 Å². The fourth-order valence-electron chi connectivity index (χ4n) is 1.74. The van der Waals surface area contributed by atoms with Crippen LogP contribution in [0.15, 0.2) is 39.4 Å². The van der Waals surface area contributed by atoms with Crippen LogP contribution >= 0.6 is 27.5 Å². The summed E-state index contributed by atoms with van der Waals surface area (Å²) in [5, 5.41) is 4.05. The lowest BCUT2D eigenvalue weighted by atomic mass is 10.2. The first-order valence-corrected chi connectivity index (χ1v) is 6.69. The summed E-state index contributed by atoms with van der Waals surface area (Å²) in [7, 11) is 3.94. The molecule has 3 nitrogen and oxygen atoms in total. The van der Waals surface area contributed by atoms with Gasteiger partial charge < -0.3 is 14.6 Å². The second-order valence-electron chi connectivity index (χ2n) is 4.09. The van der Waals surface area contributed by atoms with Gasteiger partial charge in [-0.2, -0.15) is 0 Å². The maximum Gasteiger partial charge on any atom is 0.169 e. The average Bonchev–Trinajstić information content (AvgIpc) is 2.72. The smallest absolute Gasteiger partial charge is 0.169 e. The van der Waals surface area contributed by atoms with E-state index < -0.39 is 0 Å². The van der Waals surface area contributed by atoms with Gasteiger partial charge in [0, 0.05) is 14.1 Å². The molecular formula is C13H14BrClN2O. The van der Waals surface area contributed by atoms with Gasteiger partial charge >= 0.3 is 0 Å². The van der Waals surface area contributed by atoms with Crippen LogP contribution in [0.1, 0.15) is 5.76 Å². The highest BCUT2D eigenvalue weighted by Crippen LogP contribution is 2.32. The van der Waals surface area contributed by atoms with Crippen molar-refractivity contribution < 1.29 is 4.42 Å². The Morgan fingerprint density at radius 2 is 2.06 bits per heavy atom. The molecule has 96 valence electrons.